The molecular formula is C13H18O4. The molecule has 0 bridgehead atoms. The van der Waals surface area contributed by atoms with Crippen LogP contribution in [0.5, 0.6) is 0 Å². The van der Waals surface area contributed by atoms with E-state index in [9.17, 15) is 9.59 Å². The summed E-state index contributed by atoms with van der Waals surface area (Å²) in [6.45, 7) is 3.80. The molecule has 0 aromatic carbocycles. The van der Waals surface area contributed by atoms with Gasteiger partial charge in [0.2, 0.25) is 0 Å². The number of carboxylic acid groups (broad SMARTS) is 1. The van der Waals surface area contributed by atoms with E-state index in [2.05, 4.69) is 0 Å². The van der Waals surface area contributed by atoms with Crippen molar-refractivity contribution in [3.63, 3.8) is 0 Å². The van der Waals surface area contributed by atoms with Gasteiger partial charge in [-0.3, -0.25) is 4.79 Å². The number of hydrogen-bond donors (Lipinski definition) is 1. The zero-order valence-electron chi connectivity index (χ0n) is 10.2. The summed E-state index contributed by atoms with van der Waals surface area (Å²) in [6.07, 6.45) is 6.17. The van der Waals surface area contributed by atoms with Gasteiger partial charge in [0, 0.05) is 6.08 Å². The predicted molar refractivity (Wildman–Crippen MR) is 61.3 cm³/mol. The van der Waals surface area contributed by atoms with Crippen LogP contribution in [-0.2, 0) is 14.3 Å². The highest BCUT2D eigenvalue weighted by atomic mass is 16.5. The molecule has 94 valence electrons. The molecule has 0 heterocycles. The van der Waals surface area contributed by atoms with Gasteiger partial charge in [-0.05, 0) is 30.6 Å². The number of carbonyl (C=O) groups excluding carboxylic acids is 1. The van der Waals surface area contributed by atoms with Crippen molar-refractivity contribution in [3.8, 4) is 0 Å². The first-order valence-corrected chi connectivity index (χ1v) is 6.04. The molecular weight excluding hydrogens is 220 g/mol. The zero-order chi connectivity index (χ0) is 12.6. The third-order valence-electron chi connectivity index (χ3n) is 3.95. The number of esters is 1. The van der Waals surface area contributed by atoms with Crippen molar-refractivity contribution in [1.29, 1.82) is 0 Å². The average Bonchev–Trinajstić information content (AvgIpc) is 2.71. The molecule has 0 saturated heterocycles. The lowest BCUT2D eigenvalue weighted by atomic mass is 9.96. The standard InChI is InChI=1S/C13H18O4/c1-13(2)9(11(13)12(15)16)6-7-10(14)17-8-4-3-5-8/h6-9,11H,3-5H2,1-2H3,(H,15,16)/b7-6-/t9-,11-/m0/s1. The molecule has 0 spiro atoms. The van der Waals surface area contributed by atoms with Gasteiger partial charge in [0.05, 0.1) is 5.92 Å². The summed E-state index contributed by atoms with van der Waals surface area (Å²) in [5, 5.41) is 8.97. The molecule has 0 aromatic heterocycles. The Morgan fingerprint density at radius 2 is 2.00 bits per heavy atom. The minimum atomic E-state index is -0.794. The van der Waals surface area contributed by atoms with E-state index in [1.165, 1.54) is 6.08 Å². The predicted octanol–water partition coefficient (Wildman–Crippen LogP) is 2.00. The minimum absolute atomic E-state index is 0.0612. The molecule has 2 fully saturated rings. The van der Waals surface area contributed by atoms with Crippen molar-refractivity contribution >= 4 is 11.9 Å². The number of allylic oxidation sites excluding steroid dienone is 1. The van der Waals surface area contributed by atoms with Crippen molar-refractivity contribution < 1.29 is 19.4 Å². The van der Waals surface area contributed by atoms with Crippen molar-refractivity contribution in [2.45, 2.75) is 39.2 Å². The molecule has 0 amide bonds. The van der Waals surface area contributed by atoms with Crippen molar-refractivity contribution in [2.75, 3.05) is 0 Å². The quantitative estimate of drug-likeness (QED) is 0.601. The summed E-state index contributed by atoms with van der Waals surface area (Å²) in [5.74, 6) is -1.58. The Kier molecular flexibility index (Phi) is 2.98. The Morgan fingerprint density at radius 3 is 2.41 bits per heavy atom. The van der Waals surface area contributed by atoms with Gasteiger partial charge < -0.3 is 9.84 Å². The molecule has 4 heteroatoms. The van der Waals surface area contributed by atoms with E-state index in [1.54, 1.807) is 6.08 Å². The maximum absolute atomic E-state index is 11.4. The summed E-state index contributed by atoms with van der Waals surface area (Å²) < 4.78 is 5.16. The minimum Gasteiger partial charge on any atom is -0.481 e. The second kappa shape index (κ2) is 4.17. The molecule has 2 rings (SSSR count). The Balaban J connectivity index is 1.84. The first-order chi connectivity index (χ1) is 7.93. The topological polar surface area (TPSA) is 63.6 Å². The highest BCUT2D eigenvalue weighted by Gasteiger charge is 2.60. The second-order valence-electron chi connectivity index (χ2n) is 5.51. The van der Waals surface area contributed by atoms with Gasteiger partial charge in [0.25, 0.3) is 0 Å². The summed E-state index contributed by atoms with van der Waals surface area (Å²) in [6, 6.07) is 0. The van der Waals surface area contributed by atoms with Crippen LogP contribution in [-0.4, -0.2) is 23.1 Å². The van der Waals surface area contributed by atoms with Crippen LogP contribution in [0.2, 0.25) is 0 Å². The van der Waals surface area contributed by atoms with Crippen molar-refractivity contribution in [3.05, 3.63) is 12.2 Å². The number of carbonyl (C=O) groups is 2. The number of hydrogen-bond acceptors (Lipinski definition) is 3. The largest absolute Gasteiger partial charge is 0.481 e. The first kappa shape index (κ1) is 12.1. The van der Waals surface area contributed by atoms with Crippen molar-refractivity contribution in [2.24, 2.45) is 17.3 Å². The highest BCUT2D eigenvalue weighted by molar-refractivity contribution is 5.83. The van der Waals surface area contributed by atoms with E-state index >= 15 is 0 Å². The van der Waals surface area contributed by atoms with Crippen LogP contribution < -0.4 is 0 Å². The number of carboxylic acids is 1. The molecule has 17 heavy (non-hydrogen) atoms. The maximum Gasteiger partial charge on any atom is 0.330 e. The molecule has 0 aromatic rings. The zero-order valence-corrected chi connectivity index (χ0v) is 10.2. The van der Waals surface area contributed by atoms with Crippen LogP contribution in [0.4, 0.5) is 0 Å². The normalized spacial score (nSPS) is 30.9. The van der Waals surface area contributed by atoms with E-state index in [4.69, 9.17) is 9.84 Å². The third kappa shape index (κ3) is 2.35. The van der Waals surface area contributed by atoms with Crippen LogP contribution in [0.3, 0.4) is 0 Å². The van der Waals surface area contributed by atoms with Crippen molar-refractivity contribution in [1.82, 2.24) is 0 Å². The van der Waals surface area contributed by atoms with Gasteiger partial charge in [-0.1, -0.05) is 19.9 Å². The second-order valence-corrected chi connectivity index (χ2v) is 5.51. The molecule has 1 N–H and O–H groups in total. The smallest absolute Gasteiger partial charge is 0.330 e. The lowest BCUT2D eigenvalue weighted by Crippen LogP contribution is -2.24. The van der Waals surface area contributed by atoms with Gasteiger partial charge in [-0.15, -0.1) is 0 Å². The van der Waals surface area contributed by atoms with Crippen LogP contribution >= 0.6 is 0 Å². The van der Waals surface area contributed by atoms with E-state index in [-0.39, 0.29) is 29.3 Å². The summed E-state index contributed by atoms with van der Waals surface area (Å²) in [5.41, 5.74) is -0.251. The molecule has 2 aliphatic rings. The fourth-order valence-corrected chi connectivity index (χ4v) is 2.38. The lowest BCUT2D eigenvalue weighted by Gasteiger charge is -2.24. The van der Waals surface area contributed by atoms with E-state index in [0.29, 0.717) is 0 Å². The lowest BCUT2D eigenvalue weighted by molar-refractivity contribution is -0.146. The SMILES string of the molecule is CC1(C)[C@H](C(=O)O)[C@@H]1/C=C\C(=O)OC1CCC1. The summed E-state index contributed by atoms with van der Waals surface area (Å²) >= 11 is 0. The van der Waals surface area contributed by atoms with Gasteiger partial charge in [0.15, 0.2) is 0 Å². The monoisotopic (exact) mass is 238 g/mol. The van der Waals surface area contributed by atoms with Crippen LogP contribution in [0.25, 0.3) is 0 Å². The summed E-state index contributed by atoms with van der Waals surface area (Å²) in [4.78, 5) is 22.3. The molecule has 2 saturated carbocycles. The van der Waals surface area contributed by atoms with Crippen LogP contribution in [0.1, 0.15) is 33.1 Å². The number of aliphatic carboxylic acids is 1. The fraction of sp³-hybridized carbons (Fsp3) is 0.692. The fourth-order valence-electron chi connectivity index (χ4n) is 2.38. The van der Waals surface area contributed by atoms with Gasteiger partial charge in [-0.2, -0.15) is 0 Å². The molecule has 4 nitrogen and oxygen atoms in total. The van der Waals surface area contributed by atoms with E-state index in [1.807, 2.05) is 13.8 Å². The maximum atomic E-state index is 11.4. The van der Waals surface area contributed by atoms with Crippen LogP contribution in [0, 0.1) is 17.3 Å². The Labute approximate surface area is 101 Å². The van der Waals surface area contributed by atoms with E-state index < -0.39 is 5.97 Å². The molecule has 2 aliphatic carbocycles. The molecule has 2 atom stereocenters. The van der Waals surface area contributed by atoms with E-state index in [0.717, 1.165) is 19.3 Å². The number of rotatable bonds is 4. The van der Waals surface area contributed by atoms with Gasteiger partial charge >= 0.3 is 11.9 Å². The number of ether oxygens (including phenoxy) is 1. The Morgan fingerprint density at radius 1 is 1.35 bits per heavy atom. The van der Waals surface area contributed by atoms with Gasteiger partial charge in [0.1, 0.15) is 6.10 Å². The Hall–Kier alpha value is -1.32. The van der Waals surface area contributed by atoms with Gasteiger partial charge in [-0.25, -0.2) is 4.79 Å². The van der Waals surface area contributed by atoms with Crippen LogP contribution in [0.15, 0.2) is 12.2 Å². The molecule has 0 unspecified atom stereocenters. The molecule has 0 aliphatic heterocycles. The Bertz CT molecular complexity index is 366. The highest BCUT2D eigenvalue weighted by Crippen LogP contribution is 2.59. The summed E-state index contributed by atoms with van der Waals surface area (Å²) in [7, 11) is 0. The molecule has 0 radical (unpaired) electrons. The first-order valence-electron chi connectivity index (χ1n) is 6.04. The third-order valence-corrected chi connectivity index (χ3v) is 3.95. The average molecular weight is 238 g/mol.